The summed E-state index contributed by atoms with van der Waals surface area (Å²) in [7, 11) is 0. The van der Waals surface area contributed by atoms with Crippen LogP contribution in [-0.4, -0.2) is 16.5 Å². The first-order valence-electron chi connectivity index (χ1n) is 9.82. The Bertz CT molecular complexity index is 751. The first-order valence-corrected chi connectivity index (χ1v) is 8.74. The highest BCUT2D eigenvalue weighted by atomic mass is 16.3. The normalized spacial score (nSPS) is 50.1. The van der Waals surface area contributed by atoms with E-state index < -0.39 is 23.3 Å². The number of rotatable bonds is 1. The quantitative estimate of drug-likeness (QED) is 0.800. The van der Waals surface area contributed by atoms with E-state index in [2.05, 4.69) is 6.07 Å². The van der Waals surface area contributed by atoms with Gasteiger partial charge in [0.15, 0.2) is 5.78 Å². The van der Waals surface area contributed by atoms with Gasteiger partial charge in [0, 0.05) is 14.6 Å². The Morgan fingerprint density at radius 3 is 3.04 bits per heavy atom. The number of aliphatic hydroxyl groups is 1. The molecule has 0 aromatic heterocycles. The van der Waals surface area contributed by atoms with E-state index in [4.69, 9.17) is 1.37 Å². The van der Waals surface area contributed by atoms with Crippen molar-refractivity contribution < 1.29 is 12.6 Å². The second-order valence-corrected chi connectivity index (χ2v) is 7.79. The van der Waals surface area contributed by atoms with Crippen molar-refractivity contribution >= 4 is 5.78 Å². The molecule has 0 unspecified atom stereocenters. The number of hydrogen-bond donors (Lipinski definition) is 1. The Labute approximate surface area is 140 Å². The molecule has 122 valence electrons. The van der Waals surface area contributed by atoms with E-state index in [9.17, 15) is 16.5 Å². The molecule has 2 saturated carbocycles. The van der Waals surface area contributed by atoms with E-state index in [1.54, 1.807) is 6.08 Å². The van der Waals surface area contributed by atoms with Gasteiger partial charge in [-0.25, -0.2) is 0 Å². The van der Waals surface area contributed by atoms with Crippen LogP contribution in [0.3, 0.4) is 0 Å². The van der Waals surface area contributed by atoms with Crippen LogP contribution in [0.1, 0.15) is 67.4 Å². The number of ketones is 1. The van der Waals surface area contributed by atoms with Gasteiger partial charge in [-0.3, -0.25) is 4.79 Å². The van der Waals surface area contributed by atoms with Gasteiger partial charge in [-0.15, -0.1) is 0 Å². The lowest BCUT2D eigenvalue weighted by molar-refractivity contribution is -0.114. The van der Waals surface area contributed by atoms with Crippen molar-refractivity contribution in [3.8, 4) is 6.07 Å². The molecule has 0 aromatic rings. The van der Waals surface area contributed by atoms with Crippen LogP contribution >= 0.6 is 0 Å². The predicted molar refractivity (Wildman–Crippen MR) is 87.3 cm³/mol. The molecule has 4 aliphatic rings. The minimum Gasteiger partial charge on any atom is -0.388 e. The minimum atomic E-state index is -1.25. The average molecular weight is 315 g/mol. The van der Waals surface area contributed by atoms with Crippen molar-refractivity contribution in [2.75, 3.05) is 0 Å². The third-order valence-corrected chi connectivity index (χ3v) is 6.82. The summed E-state index contributed by atoms with van der Waals surface area (Å²) in [4.78, 5) is 11.8. The van der Waals surface area contributed by atoms with Crippen LogP contribution in [0.25, 0.3) is 0 Å². The van der Waals surface area contributed by atoms with E-state index in [-0.39, 0.29) is 24.5 Å². The molecule has 2 fully saturated rings. The van der Waals surface area contributed by atoms with Crippen molar-refractivity contribution in [3.05, 3.63) is 22.8 Å². The first kappa shape index (κ1) is 13.0. The summed E-state index contributed by atoms with van der Waals surface area (Å²) in [5.41, 5.74) is 1.68. The summed E-state index contributed by atoms with van der Waals surface area (Å²) in [6.07, 6.45) is 5.61. The molecule has 0 spiro atoms. The third-order valence-electron chi connectivity index (χ3n) is 6.82. The number of hydrogen-bond acceptors (Lipinski definition) is 3. The molecule has 0 aliphatic heterocycles. The molecule has 23 heavy (non-hydrogen) atoms. The maximum absolute atomic E-state index is 11.8. The molecule has 5 atom stereocenters. The van der Waals surface area contributed by atoms with E-state index >= 15 is 0 Å². The number of carbonyl (C=O) groups excluding carboxylic acids is 1. The van der Waals surface area contributed by atoms with Crippen LogP contribution in [0.5, 0.6) is 0 Å². The van der Waals surface area contributed by atoms with E-state index in [1.807, 2.05) is 6.92 Å². The second kappa shape index (κ2) is 5.05. The first-order chi connectivity index (χ1) is 11.8. The van der Waals surface area contributed by atoms with Crippen LogP contribution < -0.4 is 0 Å². The molecule has 4 rings (SSSR count). The van der Waals surface area contributed by atoms with Crippen LogP contribution in [0, 0.1) is 28.6 Å². The van der Waals surface area contributed by atoms with Gasteiger partial charge in [-0.2, -0.15) is 5.26 Å². The highest BCUT2D eigenvalue weighted by molar-refractivity contribution is 5.93. The van der Waals surface area contributed by atoms with Crippen LogP contribution in [0.15, 0.2) is 22.8 Å². The monoisotopic (exact) mass is 315 g/mol. The maximum atomic E-state index is 11.8. The zero-order valence-electron chi connectivity index (χ0n) is 15.7. The Morgan fingerprint density at radius 1 is 1.43 bits per heavy atom. The van der Waals surface area contributed by atoms with Gasteiger partial charge in [-0.1, -0.05) is 12.5 Å². The minimum absolute atomic E-state index is 0.00219. The Kier molecular flexibility index (Phi) is 2.84. The molecule has 0 bridgehead atoms. The topological polar surface area (TPSA) is 61.1 Å². The molecule has 0 radical (unpaired) electrons. The van der Waals surface area contributed by atoms with Gasteiger partial charge in [0.25, 0.3) is 0 Å². The average Bonchev–Trinajstić information content (AvgIpc) is 2.72. The molecule has 0 amide bonds. The highest BCUT2D eigenvalue weighted by Gasteiger charge is 2.60. The number of allylic oxidation sites excluding steroid dienone is 4. The molecule has 3 heteroatoms. The Hall–Kier alpha value is -1.40. The zero-order valence-corrected chi connectivity index (χ0v) is 13.7. The zero-order chi connectivity index (χ0) is 18.0. The van der Waals surface area contributed by atoms with E-state index in [1.165, 1.54) is 11.1 Å². The maximum Gasteiger partial charge on any atom is 0.156 e. The van der Waals surface area contributed by atoms with E-state index in [0.717, 1.165) is 31.3 Å². The molecular formula is C20H25NO2. The SMILES string of the molecule is [3H][C@H]1C[C@@](O)(CC#N)[C@@]2(C)CCC3=C4CCC(=O)C=C4CC[C@H]3[C@]12[3H]. The van der Waals surface area contributed by atoms with Gasteiger partial charge >= 0.3 is 0 Å². The molecule has 4 aliphatic carbocycles. The molecule has 0 heterocycles. The summed E-state index contributed by atoms with van der Waals surface area (Å²) >= 11 is 0. The van der Waals surface area contributed by atoms with Crippen LogP contribution in [-0.2, 0) is 4.79 Å². The van der Waals surface area contributed by atoms with Crippen molar-refractivity contribution in [2.24, 2.45) is 17.2 Å². The lowest BCUT2D eigenvalue weighted by Crippen LogP contribution is -2.49. The summed E-state index contributed by atoms with van der Waals surface area (Å²) in [6.45, 7) is 1.93. The fourth-order valence-electron chi connectivity index (χ4n) is 5.39. The van der Waals surface area contributed by atoms with E-state index in [0.29, 0.717) is 12.8 Å². The molecule has 1 N–H and O–H groups in total. The Balaban J connectivity index is 1.83. The second-order valence-electron chi connectivity index (χ2n) is 7.79. The van der Waals surface area contributed by atoms with Crippen molar-refractivity contribution in [1.29, 1.82) is 5.26 Å². The number of fused-ring (bicyclic) bond motifs is 4. The molecular weight excluding hydrogens is 286 g/mol. The predicted octanol–water partition coefficient (Wildman–Crippen LogP) is 3.84. The standard InChI is InChI=1S/C20H25NO2/c1-19-8-6-16-15-5-3-14(22)12-13(15)2-4-17(16)18(19)7-9-20(19,23)10-11-21/h12,17-18,23H,2-10H2,1H3/t17-,18+,19+,20-/m1/s1/i7T,18T/t7-,17+,18-,19-,20+/m0. The van der Waals surface area contributed by atoms with Gasteiger partial charge in [-0.05, 0) is 74.0 Å². The molecule has 0 saturated heterocycles. The van der Waals surface area contributed by atoms with Gasteiger partial charge in [0.05, 0.1) is 18.1 Å². The fraction of sp³-hybridized carbons (Fsp3) is 0.700. The third kappa shape index (κ3) is 2.01. The summed E-state index contributed by atoms with van der Waals surface area (Å²) in [6, 6.07) is 2.09. The summed E-state index contributed by atoms with van der Waals surface area (Å²) in [5.74, 6) is -0.907. The van der Waals surface area contributed by atoms with Crippen LogP contribution in [0.2, 0.25) is 0 Å². The van der Waals surface area contributed by atoms with Crippen LogP contribution in [0.4, 0.5) is 0 Å². The number of carbonyl (C=O) groups is 1. The van der Waals surface area contributed by atoms with Crippen molar-refractivity contribution in [2.45, 2.75) is 70.3 Å². The molecule has 0 aromatic carbocycles. The van der Waals surface area contributed by atoms with Crippen molar-refractivity contribution in [3.63, 3.8) is 0 Å². The van der Waals surface area contributed by atoms with Crippen molar-refractivity contribution in [1.82, 2.24) is 0 Å². The highest BCUT2D eigenvalue weighted by Crippen LogP contribution is 2.64. The molecule has 3 nitrogen and oxygen atoms in total. The van der Waals surface area contributed by atoms with Gasteiger partial charge in [0.2, 0.25) is 0 Å². The summed E-state index contributed by atoms with van der Waals surface area (Å²) < 4.78 is 18.0. The largest absolute Gasteiger partial charge is 0.388 e. The smallest absolute Gasteiger partial charge is 0.156 e. The lowest BCUT2D eigenvalue weighted by atomic mass is 9.54. The van der Waals surface area contributed by atoms with Gasteiger partial charge in [0.1, 0.15) is 0 Å². The fourth-order valence-corrected chi connectivity index (χ4v) is 5.39. The number of nitriles is 1. The Morgan fingerprint density at radius 2 is 2.26 bits per heavy atom. The number of nitrogens with zero attached hydrogens (tertiary/aromatic N) is 1. The summed E-state index contributed by atoms with van der Waals surface area (Å²) in [5, 5.41) is 20.4. The van der Waals surface area contributed by atoms with Gasteiger partial charge < -0.3 is 5.11 Å². The lowest BCUT2D eigenvalue weighted by Gasteiger charge is -2.51.